The molecule has 132 valence electrons. The summed E-state index contributed by atoms with van der Waals surface area (Å²) < 4.78 is 19.2. The maximum absolute atomic E-state index is 13.7. The number of nitrogens with zero attached hydrogens (tertiary/aromatic N) is 1. The first kappa shape index (κ1) is 16.3. The monoisotopic (exact) mass is 343 g/mol. The minimum Gasteiger partial charge on any atom is -0.381 e. The molecule has 1 aromatic carbocycles. The van der Waals surface area contributed by atoms with Crippen molar-refractivity contribution in [2.24, 2.45) is 5.92 Å². The summed E-state index contributed by atoms with van der Waals surface area (Å²) in [7, 11) is 0. The van der Waals surface area contributed by atoms with Crippen LogP contribution in [0.2, 0.25) is 0 Å². The van der Waals surface area contributed by atoms with Crippen molar-refractivity contribution in [3.05, 3.63) is 47.4 Å². The molecule has 1 amide bonds. The molecule has 1 saturated heterocycles. The number of anilines is 1. The molecule has 1 aliphatic heterocycles. The van der Waals surface area contributed by atoms with Gasteiger partial charge in [-0.3, -0.25) is 9.89 Å². The van der Waals surface area contributed by atoms with Crippen LogP contribution < -0.4 is 5.32 Å². The van der Waals surface area contributed by atoms with Gasteiger partial charge in [-0.05, 0) is 42.9 Å². The van der Waals surface area contributed by atoms with Crippen molar-refractivity contribution in [2.75, 3.05) is 18.5 Å². The summed E-state index contributed by atoms with van der Waals surface area (Å²) in [4.78, 5) is 13.1. The van der Waals surface area contributed by atoms with E-state index in [0.29, 0.717) is 49.3 Å². The molecule has 1 saturated carbocycles. The molecule has 2 aromatic rings. The van der Waals surface area contributed by atoms with Crippen molar-refractivity contribution in [3.63, 3.8) is 0 Å². The van der Waals surface area contributed by atoms with Gasteiger partial charge in [0.15, 0.2) is 5.82 Å². The van der Waals surface area contributed by atoms with Crippen LogP contribution in [0.4, 0.5) is 10.2 Å². The number of ether oxygens (including phenoxy) is 1. The molecule has 2 fully saturated rings. The van der Waals surface area contributed by atoms with Crippen LogP contribution in [0.25, 0.3) is 0 Å². The van der Waals surface area contributed by atoms with E-state index >= 15 is 0 Å². The molecule has 5 nitrogen and oxygen atoms in total. The zero-order chi connectivity index (χ0) is 17.4. The Morgan fingerprint density at radius 3 is 2.80 bits per heavy atom. The molecule has 2 heterocycles. The summed E-state index contributed by atoms with van der Waals surface area (Å²) in [5, 5.41) is 10.2. The van der Waals surface area contributed by atoms with E-state index < -0.39 is 5.41 Å². The predicted molar refractivity (Wildman–Crippen MR) is 91.9 cm³/mol. The smallest absolute Gasteiger partial charge is 0.236 e. The Labute approximate surface area is 146 Å². The van der Waals surface area contributed by atoms with Crippen molar-refractivity contribution in [3.8, 4) is 0 Å². The van der Waals surface area contributed by atoms with E-state index in [0.717, 1.165) is 12.1 Å². The molecule has 2 atom stereocenters. The van der Waals surface area contributed by atoms with Gasteiger partial charge in [0.25, 0.3) is 0 Å². The topological polar surface area (TPSA) is 67.0 Å². The van der Waals surface area contributed by atoms with Gasteiger partial charge in [0.05, 0.1) is 5.41 Å². The maximum atomic E-state index is 13.7. The molecular formula is C19H22FN3O2. The van der Waals surface area contributed by atoms with Gasteiger partial charge in [-0.15, -0.1) is 0 Å². The molecule has 2 N–H and O–H groups in total. The molecule has 1 aliphatic carbocycles. The van der Waals surface area contributed by atoms with Crippen molar-refractivity contribution in [1.29, 1.82) is 0 Å². The van der Waals surface area contributed by atoms with Crippen LogP contribution in [-0.4, -0.2) is 29.3 Å². The lowest BCUT2D eigenvalue weighted by molar-refractivity contribution is -0.125. The second-order valence-corrected chi connectivity index (χ2v) is 7.19. The Morgan fingerprint density at radius 1 is 1.36 bits per heavy atom. The maximum Gasteiger partial charge on any atom is 0.236 e. The largest absolute Gasteiger partial charge is 0.381 e. The summed E-state index contributed by atoms with van der Waals surface area (Å²) in [5.74, 6) is 1.22. The van der Waals surface area contributed by atoms with E-state index in [4.69, 9.17) is 4.74 Å². The first-order valence-corrected chi connectivity index (χ1v) is 8.79. The first-order chi connectivity index (χ1) is 12.1. The average molecular weight is 343 g/mol. The van der Waals surface area contributed by atoms with Gasteiger partial charge in [-0.2, -0.15) is 5.10 Å². The number of carbonyl (C=O) groups is 1. The molecule has 6 heteroatoms. The summed E-state index contributed by atoms with van der Waals surface area (Å²) in [5.41, 5.74) is 0.973. The van der Waals surface area contributed by atoms with E-state index in [1.165, 1.54) is 12.1 Å². The number of H-pyrrole nitrogens is 1. The number of benzene rings is 1. The Hall–Kier alpha value is -2.21. The minimum atomic E-state index is -0.785. The second-order valence-electron chi connectivity index (χ2n) is 7.19. The fourth-order valence-corrected chi connectivity index (χ4v) is 3.73. The van der Waals surface area contributed by atoms with Gasteiger partial charge >= 0.3 is 0 Å². The van der Waals surface area contributed by atoms with Crippen molar-refractivity contribution >= 4 is 11.7 Å². The zero-order valence-electron chi connectivity index (χ0n) is 14.2. The van der Waals surface area contributed by atoms with Gasteiger partial charge in [0.1, 0.15) is 5.82 Å². The number of carbonyl (C=O) groups excluding carboxylic acids is 1. The first-order valence-electron chi connectivity index (χ1n) is 8.79. The van der Waals surface area contributed by atoms with Crippen LogP contribution in [0.1, 0.15) is 43.4 Å². The van der Waals surface area contributed by atoms with Gasteiger partial charge in [0, 0.05) is 30.9 Å². The number of hydrogen-bond acceptors (Lipinski definition) is 3. The number of rotatable bonds is 4. The lowest BCUT2D eigenvalue weighted by Gasteiger charge is -2.36. The third-order valence-corrected chi connectivity index (χ3v) is 5.51. The van der Waals surface area contributed by atoms with E-state index in [2.05, 4.69) is 22.4 Å². The molecule has 0 radical (unpaired) electrons. The molecule has 2 aliphatic rings. The number of halogens is 1. The average Bonchev–Trinajstić information content (AvgIpc) is 3.17. The summed E-state index contributed by atoms with van der Waals surface area (Å²) in [6, 6.07) is 8.22. The highest BCUT2D eigenvalue weighted by molar-refractivity contribution is 5.98. The van der Waals surface area contributed by atoms with Crippen LogP contribution in [0.15, 0.2) is 30.3 Å². The third kappa shape index (κ3) is 3.06. The predicted octanol–water partition coefficient (Wildman–Crippen LogP) is 3.36. The van der Waals surface area contributed by atoms with Crippen molar-refractivity contribution in [2.45, 2.75) is 37.5 Å². The number of amides is 1. The standard InChI is InChI=1S/C19H22FN3O2/c1-12-9-15(12)16-11-17(23-22-16)21-18(24)19(5-7-25-8-6-19)13-3-2-4-14(20)10-13/h2-4,10-12,15H,5-9H2,1H3,(H2,21,22,23,24)/t12-,15-/m0/s1. The fraction of sp³-hybridized carbons (Fsp3) is 0.474. The lowest BCUT2D eigenvalue weighted by Crippen LogP contribution is -2.45. The summed E-state index contributed by atoms with van der Waals surface area (Å²) in [6.07, 6.45) is 2.21. The Kier molecular flexibility index (Phi) is 4.07. The minimum absolute atomic E-state index is 0.150. The normalized spacial score (nSPS) is 24.7. The van der Waals surface area contributed by atoms with E-state index in [1.807, 2.05) is 12.1 Å². The van der Waals surface area contributed by atoms with Gasteiger partial charge in [-0.1, -0.05) is 19.1 Å². The van der Waals surface area contributed by atoms with Gasteiger partial charge in [0.2, 0.25) is 5.91 Å². The molecule has 4 rings (SSSR count). The van der Waals surface area contributed by atoms with Crippen LogP contribution in [0, 0.1) is 11.7 Å². The zero-order valence-corrected chi connectivity index (χ0v) is 14.2. The Morgan fingerprint density at radius 2 is 2.12 bits per heavy atom. The second kappa shape index (κ2) is 6.26. The number of aromatic amines is 1. The lowest BCUT2D eigenvalue weighted by atomic mass is 9.73. The highest BCUT2D eigenvalue weighted by Crippen LogP contribution is 2.46. The third-order valence-electron chi connectivity index (χ3n) is 5.51. The fourth-order valence-electron chi connectivity index (χ4n) is 3.73. The van der Waals surface area contributed by atoms with Gasteiger partial charge in [-0.25, -0.2) is 4.39 Å². The number of hydrogen-bond donors (Lipinski definition) is 2. The summed E-state index contributed by atoms with van der Waals surface area (Å²) in [6.45, 7) is 3.16. The highest BCUT2D eigenvalue weighted by atomic mass is 19.1. The van der Waals surface area contributed by atoms with E-state index in [-0.39, 0.29) is 11.7 Å². The van der Waals surface area contributed by atoms with E-state index in [9.17, 15) is 9.18 Å². The molecule has 0 unspecified atom stereocenters. The number of nitrogens with one attached hydrogen (secondary N) is 2. The SMILES string of the molecule is C[C@H]1C[C@@H]1c1cc(NC(=O)C2(c3cccc(F)c3)CCOCC2)n[nH]1. The van der Waals surface area contributed by atoms with Crippen molar-refractivity contribution in [1.82, 2.24) is 10.2 Å². The van der Waals surface area contributed by atoms with Crippen LogP contribution in [-0.2, 0) is 14.9 Å². The Bertz CT molecular complexity index is 782. The molecule has 0 spiro atoms. The quantitative estimate of drug-likeness (QED) is 0.894. The van der Waals surface area contributed by atoms with Gasteiger partial charge < -0.3 is 10.1 Å². The summed E-state index contributed by atoms with van der Waals surface area (Å²) >= 11 is 0. The Balaban J connectivity index is 1.58. The molecule has 1 aromatic heterocycles. The molecular weight excluding hydrogens is 321 g/mol. The molecule has 0 bridgehead atoms. The van der Waals surface area contributed by atoms with Crippen molar-refractivity contribution < 1.29 is 13.9 Å². The number of aromatic nitrogens is 2. The highest BCUT2D eigenvalue weighted by Gasteiger charge is 2.42. The van der Waals surface area contributed by atoms with Crippen LogP contribution >= 0.6 is 0 Å². The molecule has 25 heavy (non-hydrogen) atoms. The van der Waals surface area contributed by atoms with Crippen LogP contribution in [0.5, 0.6) is 0 Å². The van der Waals surface area contributed by atoms with E-state index in [1.54, 1.807) is 6.07 Å². The van der Waals surface area contributed by atoms with Crippen LogP contribution in [0.3, 0.4) is 0 Å².